The highest BCUT2D eigenvalue weighted by Gasteiger charge is 2.39. The summed E-state index contributed by atoms with van der Waals surface area (Å²) in [4.78, 5) is 31.1. The van der Waals surface area contributed by atoms with Crippen LogP contribution in [0.1, 0.15) is 41.3 Å². The molecular formula is C32H29N3O2. The summed E-state index contributed by atoms with van der Waals surface area (Å²) in [6.07, 6.45) is 7.32. The van der Waals surface area contributed by atoms with Crippen molar-refractivity contribution in [3.05, 3.63) is 126 Å². The molecule has 4 aromatic rings. The molecule has 1 aromatic heterocycles. The predicted octanol–water partition coefficient (Wildman–Crippen LogP) is 5.93. The zero-order chi connectivity index (χ0) is 25.4. The summed E-state index contributed by atoms with van der Waals surface area (Å²) in [6, 6.07) is 30.0. The van der Waals surface area contributed by atoms with Crippen LogP contribution < -0.4 is 4.90 Å². The lowest BCUT2D eigenvalue weighted by molar-refractivity contribution is -0.132. The highest BCUT2D eigenvalue weighted by atomic mass is 16.2. The molecule has 1 atom stereocenters. The number of hydrogen-bond donors (Lipinski definition) is 0. The summed E-state index contributed by atoms with van der Waals surface area (Å²) >= 11 is 0. The number of anilines is 1. The SMILES string of the molecule is Cc1cccc(C2c3cccn3-c3ccccc3N2C(=O)CN(C(=O)/C=C/c2ccccc2)C2CC2)c1. The van der Waals surface area contributed by atoms with Gasteiger partial charge >= 0.3 is 0 Å². The molecule has 1 aliphatic carbocycles. The Bertz CT molecular complexity index is 1480. The number of para-hydroxylation sites is 2. The van der Waals surface area contributed by atoms with Crippen LogP contribution in [0.2, 0.25) is 0 Å². The number of aryl methyl sites for hydroxylation is 1. The fraction of sp³-hybridized carbons (Fsp3) is 0.188. The summed E-state index contributed by atoms with van der Waals surface area (Å²) in [6.45, 7) is 2.11. The van der Waals surface area contributed by atoms with Crippen LogP contribution in [0.15, 0.2) is 103 Å². The van der Waals surface area contributed by atoms with Crippen LogP contribution >= 0.6 is 0 Å². The highest BCUT2D eigenvalue weighted by Crippen LogP contribution is 2.42. The topological polar surface area (TPSA) is 45.6 Å². The largest absolute Gasteiger partial charge is 0.327 e. The van der Waals surface area contributed by atoms with Gasteiger partial charge in [0.25, 0.3) is 0 Å². The van der Waals surface area contributed by atoms with Crippen molar-refractivity contribution in [1.29, 1.82) is 0 Å². The molecule has 0 N–H and O–H groups in total. The molecule has 1 unspecified atom stereocenters. The lowest BCUT2D eigenvalue weighted by atomic mass is 9.96. The third-order valence-electron chi connectivity index (χ3n) is 7.14. The second kappa shape index (κ2) is 9.58. The van der Waals surface area contributed by atoms with Gasteiger partial charge in [-0.3, -0.25) is 14.5 Å². The van der Waals surface area contributed by atoms with Crippen molar-refractivity contribution >= 4 is 23.6 Å². The first-order valence-electron chi connectivity index (χ1n) is 12.8. The molecule has 5 nitrogen and oxygen atoms in total. The maximum atomic E-state index is 14.2. The van der Waals surface area contributed by atoms with E-state index in [-0.39, 0.29) is 30.4 Å². The van der Waals surface area contributed by atoms with Gasteiger partial charge in [-0.1, -0.05) is 72.3 Å². The lowest BCUT2D eigenvalue weighted by Gasteiger charge is -2.39. The van der Waals surface area contributed by atoms with E-state index in [0.717, 1.165) is 46.6 Å². The van der Waals surface area contributed by atoms with Crippen molar-refractivity contribution < 1.29 is 9.59 Å². The number of amides is 2. The maximum absolute atomic E-state index is 14.2. The van der Waals surface area contributed by atoms with Crippen LogP contribution in [0.3, 0.4) is 0 Å². The van der Waals surface area contributed by atoms with Crippen LogP contribution in [0.4, 0.5) is 5.69 Å². The molecule has 3 aromatic carbocycles. The van der Waals surface area contributed by atoms with Crippen molar-refractivity contribution in [3.8, 4) is 5.69 Å². The Hall–Kier alpha value is -4.38. The summed E-state index contributed by atoms with van der Waals surface area (Å²) in [5, 5.41) is 0. The molecule has 2 amide bonds. The van der Waals surface area contributed by atoms with Crippen LogP contribution in [0, 0.1) is 6.92 Å². The summed E-state index contributed by atoms with van der Waals surface area (Å²) < 4.78 is 2.17. The van der Waals surface area contributed by atoms with Crippen molar-refractivity contribution in [2.24, 2.45) is 0 Å². The first kappa shape index (κ1) is 23.0. The van der Waals surface area contributed by atoms with Crippen LogP contribution in [-0.4, -0.2) is 33.9 Å². The minimum Gasteiger partial charge on any atom is -0.327 e. The second-order valence-corrected chi connectivity index (χ2v) is 9.81. The molecule has 1 fully saturated rings. The van der Waals surface area contributed by atoms with Crippen molar-refractivity contribution in [1.82, 2.24) is 9.47 Å². The Kier molecular flexibility index (Phi) is 5.97. The molecule has 1 saturated carbocycles. The molecular weight excluding hydrogens is 458 g/mol. The number of carbonyl (C=O) groups is 2. The van der Waals surface area contributed by atoms with Crippen LogP contribution in [0.5, 0.6) is 0 Å². The molecule has 1 aliphatic heterocycles. The van der Waals surface area contributed by atoms with Gasteiger partial charge in [-0.05, 0) is 61.2 Å². The number of benzene rings is 3. The minimum absolute atomic E-state index is 0.0417. The minimum atomic E-state index is -0.284. The monoisotopic (exact) mass is 487 g/mol. The molecule has 2 aliphatic rings. The quantitative estimate of drug-likeness (QED) is 0.317. The van der Waals surface area contributed by atoms with Gasteiger partial charge in [-0.25, -0.2) is 0 Å². The van der Waals surface area contributed by atoms with E-state index in [0.29, 0.717) is 0 Å². The van der Waals surface area contributed by atoms with Gasteiger partial charge in [-0.2, -0.15) is 0 Å². The molecule has 6 rings (SSSR count). The van der Waals surface area contributed by atoms with Gasteiger partial charge in [0.1, 0.15) is 12.6 Å². The number of carbonyl (C=O) groups excluding carboxylic acids is 2. The summed E-state index contributed by atoms with van der Waals surface area (Å²) in [5.74, 6) is -0.208. The highest BCUT2D eigenvalue weighted by molar-refractivity contribution is 6.02. The van der Waals surface area contributed by atoms with Crippen molar-refractivity contribution in [2.45, 2.75) is 31.8 Å². The number of nitrogens with zero attached hydrogens (tertiary/aromatic N) is 3. The van der Waals surface area contributed by atoms with Gasteiger partial charge in [0.2, 0.25) is 11.8 Å². The Morgan fingerprint density at radius 2 is 1.65 bits per heavy atom. The predicted molar refractivity (Wildman–Crippen MR) is 146 cm³/mol. The first-order chi connectivity index (χ1) is 18.1. The maximum Gasteiger partial charge on any atom is 0.247 e. The number of aromatic nitrogens is 1. The molecule has 2 heterocycles. The van der Waals surface area contributed by atoms with E-state index in [9.17, 15) is 9.59 Å². The van der Waals surface area contributed by atoms with E-state index in [2.05, 4.69) is 35.8 Å². The normalized spacial score (nSPS) is 16.4. The fourth-order valence-corrected chi connectivity index (χ4v) is 5.24. The molecule has 5 heteroatoms. The van der Waals surface area contributed by atoms with Crippen LogP contribution in [-0.2, 0) is 9.59 Å². The van der Waals surface area contributed by atoms with Crippen LogP contribution in [0.25, 0.3) is 11.8 Å². The number of rotatable bonds is 6. The molecule has 37 heavy (non-hydrogen) atoms. The average molecular weight is 488 g/mol. The Morgan fingerprint density at radius 3 is 2.41 bits per heavy atom. The molecule has 184 valence electrons. The lowest BCUT2D eigenvalue weighted by Crippen LogP contribution is -2.47. The smallest absolute Gasteiger partial charge is 0.247 e. The van der Waals surface area contributed by atoms with E-state index < -0.39 is 0 Å². The zero-order valence-corrected chi connectivity index (χ0v) is 20.8. The molecule has 0 radical (unpaired) electrons. The standard InChI is InChI=1S/C32H29N3O2/c1-23-9-7-12-25(21-23)32-29-15-8-20-33(29)27-13-5-6-14-28(27)35(32)31(37)22-34(26-17-18-26)30(36)19-16-24-10-3-2-4-11-24/h2-16,19-21,26,32H,17-18,22H2,1H3/b19-16+. The summed E-state index contributed by atoms with van der Waals surface area (Å²) in [5.41, 5.74) is 6.01. The van der Waals surface area contributed by atoms with E-state index in [1.54, 1.807) is 11.0 Å². The molecule has 0 saturated heterocycles. The van der Waals surface area contributed by atoms with Gasteiger partial charge in [0.05, 0.1) is 17.1 Å². The fourth-order valence-electron chi connectivity index (χ4n) is 5.24. The van der Waals surface area contributed by atoms with Gasteiger partial charge in [0, 0.05) is 18.3 Å². The number of fused-ring (bicyclic) bond motifs is 3. The van der Waals surface area contributed by atoms with Crippen molar-refractivity contribution in [2.75, 3.05) is 11.4 Å². The van der Waals surface area contributed by atoms with E-state index in [1.165, 1.54) is 0 Å². The third kappa shape index (κ3) is 4.49. The number of hydrogen-bond acceptors (Lipinski definition) is 2. The van der Waals surface area contributed by atoms with Gasteiger partial charge < -0.3 is 9.47 Å². The Morgan fingerprint density at radius 1 is 0.892 bits per heavy atom. The molecule has 0 bridgehead atoms. The first-order valence-corrected chi connectivity index (χ1v) is 12.8. The van der Waals surface area contributed by atoms with Crippen molar-refractivity contribution in [3.63, 3.8) is 0 Å². The van der Waals surface area contributed by atoms with E-state index in [1.807, 2.05) is 83.9 Å². The average Bonchev–Trinajstić information content (AvgIpc) is 3.65. The Balaban J connectivity index is 1.36. The third-order valence-corrected chi connectivity index (χ3v) is 7.14. The van der Waals surface area contributed by atoms with Gasteiger partial charge in [0.15, 0.2) is 0 Å². The summed E-state index contributed by atoms with van der Waals surface area (Å²) in [7, 11) is 0. The Labute approximate surface area is 217 Å². The zero-order valence-electron chi connectivity index (χ0n) is 20.8. The molecule has 0 spiro atoms. The van der Waals surface area contributed by atoms with E-state index >= 15 is 0 Å². The second-order valence-electron chi connectivity index (χ2n) is 9.81. The van der Waals surface area contributed by atoms with Gasteiger partial charge in [-0.15, -0.1) is 0 Å². The van der Waals surface area contributed by atoms with E-state index in [4.69, 9.17) is 0 Å².